The number of aromatic nitrogens is 2. The Bertz CT molecular complexity index is 2990. The molecule has 0 aliphatic heterocycles. The lowest BCUT2D eigenvalue weighted by molar-refractivity contribution is 0.669. The highest BCUT2D eigenvalue weighted by atomic mass is 16.3. The average molecular weight is 589 g/mol. The first kappa shape index (κ1) is 24.1. The molecule has 0 radical (unpaired) electrons. The maximum Gasteiger partial charge on any atom is 0.145 e. The Morgan fingerprint density at radius 2 is 1.00 bits per heavy atom. The normalized spacial score (nSPS) is 12.3. The van der Waals surface area contributed by atoms with Crippen LogP contribution in [0.1, 0.15) is 0 Å². The topological polar surface area (TPSA) is 47.0 Å². The first-order valence-electron chi connectivity index (χ1n) is 15.6. The number of H-pyrrole nitrogens is 1. The van der Waals surface area contributed by atoms with Gasteiger partial charge in [0, 0.05) is 48.9 Å². The summed E-state index contributed by atoms with van der Waals surface area (Å²) in [6.45, 7) is 0. The number of nitrogens with one attached hydrogen (secondary N) is 1. The summed E-state index contributed by atoms with van der Waals surface area (Å²) in [6, 6.07) is 49.5. The highest BCUT2D eigenvalue weighted by Gasteiger charge is 2.17. The summed E-state index contributed by atoms with van der Waals surface area (Å²) in [4.78, 5) is 3.54. The molecule has 11 aromatic rings. The number of benzene rings is 7. The highest BCUT2D eigenvalue weighted by Crippen LogP contribution is 2.40. The van der Waals surface area contributed by atoms with Crippen LogP contribution in [-0.4, -0.2) is 9.55 Å². The number of aromatic amines is 1. The third kappa shape index (κ3) is 3.17. The van der Waals surface area contributed by atoms with E-state index in [1.165, 1.54) is 27.2 Å². The molecule has 0 fully saturated rings. The Labute approximate surface area is 261 Å². The summed E-state index contributed by atoms with van der Waals surface area (Å²) in [5, 5.41) is 9.28. The van der Waals surface area contributed by atoms with E-state index in [1.807, 2.05) is 0 Å². The van der Waals surface area contributed by atoms with Gasteiger partial charge in [-0.2, -0.15) is 0 Å². The molecule has 1 N–H and O–H groups in total. The fourth-order valence-electron chi connectivity index (χ4n) is 7.63. The minimum atomic E-state index is 0.884. The van der Waals surface area contributed by atoms with Crippen molar-refractivity contribution in [3.8, 4) is 16.8 Å². The van der Waals surface area contributed by atoms with E-state index in [1.54, 1.807) is 0 Å². The number of fused-ring (bicyclic) bond motifs is 13. The van der Waals surface area contributed by atoms with E-state index in [4.69, 9.17) is 8.83 Å². The smallest absolute Gasteiger partial charge is 0.145 e. The largest absolute Gasteiger partial charge is 0.456 e. The lowest BCUT2D eigenvalue weighted by Crippen LogP contribution is -1.93. The van der Waals surface area contributed by atoms with Gasteiger partial charge in [-0.15, -0.1) is 0 Å². The molecule has 0 bridgehead atoms. The Hall–Kier alpha value is -6.26. The van der Waals surface area contributed by atoms with E-state index >= 15 is 0 Å². The zero-order valence-electron chi connectivity index (χ0n) is 24.5. The Kier molecular flexibility index (Phi) is 4.55. The summed E-state index contributed by atoms with van der Waals surface area (Å²) in [5.74, 6) is 0. The molecule has 4 heteroatoms. The van der Waals surface area contributed by atoms with Crippen LogP contribution in [0.15, 0.2) is 148 Å². The Balaban J connectivity index is 1.10. The van der Waals surface area contributed by atoms with Crippen molar-refractivity contribution in [3.63, 3.8) is 0 Å². The molecule has 0 aliphatic carbocycles. The van der Waals surface area contributed by atoms with Crippen LogP contribution < -0.4 is 0 Å². The molecule has 4 heterocycles. The van der Waals surface area contributed by atoms with Gasteiger partial charge in [0.05, 0.1) is 21.9 Å². The second-order valence-corrected chi connectivity index (χ2v) is 12.2. The molecule has 11 rings (SSSR count). The summed E-state index contributed by atoms with van der Waals surface area (Å²) >= 11 is 0. The Morgan fingerprint density at radius 3 is 1.74 bits per heavy atom. The zero-order chi connectivity index (χ0) is 29.9. The molecule has 4 nitrogen and oxygen atoms in total. The molecular weight excluding hydrogens is 564 g/mol. The molecule has 0 saturated carbocycles. The van der Waals surface area contributed by atoms with Gasteiger partial charge < -0.3 is 18.4 Å². The molecule has 0 unspecified atom stereocenters. The van der Waals surface area contributed by atoms with Crippen molar-refractivity contribution in [3.05, 3.63) is 140 Å². The maximum atomic E-state index is 6.51. The maximum absolute atomic E-state index is 6.51. The van der Waals surface area contributed by atoms with Gasteiger partial charge in [0.15, 0.2) is 0 Å². The summed E-state index contributed by atoms with van der Waals surface area (Å²) in [7, 11) is 0. The summed E-state index contributed by atoms with van der Waals surface area (Å²) < 4.78 is 15.2. The first-order valence-corrected chi connectivity index (χ1v) is 15.6. The monoisotopic (exact) mass is 588 g/mol. The second-order valence-electron chi connectivity index (χ2n) is 12.2. The number of hydrogen-bond acceptors (Lipinski definition) is 2. The number of nitrogens with zero attached hydrogens (tertiary/aromatic N) is 1. The summed E-state index contributed by atoms with van der Waals surface area (Å²) in [6.07, 6.45) is 0. The van der Waals surface area contributed by atoms with E-state index < -0.39 is 0 Å². The van der Waals surface area contributed by atoms with Gasteiger partial charge in [-0.1, -0.05) is 66.7 Å². The zero-order valence-corrected chi connectivity index (χ0v) is 24.5. The summed E-state index contributed by atoms with van der Waals surface area (Å²) in [5.41, 5.74) is 11.6. The van der Waals surface area contributed by atoms with Gasteiger partial charge in [-0.05, 0) is 83.9 Å². The fourth-order valence-corrected chi connectivity index (χ4v) is 7.63. The minimum absolute atomic E-state index is 0.884. The molecule has 0 aliphatic rings. The minimum Gasteiger partial charge on any atom is -0.456 e. The molecule has 46 heavy (non-hydrogen) atoms. The lowest BCUT2D eigenvalue weighted by atomic mass is 10.00. The second kappa shape index (κ2) is 8.68. The molecule has 7 aromatic carbocycles. The van der Waals surface area contributed by atoms with E-state index in [9.17, 15) is 0 Å². The fraction of sp³-hybridized carbons (Fsp3) is 0. The Morgan fingerprint density at radius 1 is 0.413 bits per heavy atom. The molecule has 0 atom stereocenters. The predicted octanol–water partition coefficient (Wildman–Crippen LogP) is 11.9. The molecule has 214 valence electrons. The van der Waals surface area contributed by atoms with Gasteiger partial charge in [0.25, 0.3) is 0 Å². The van der Waals surface area contributed by atoms with Crippen molar-refractivity contribution < 1.29 is 8.83 Å². The van der Waals surface area contributed by atoms with Crippen LogP contribution in [0, 0.1) is 0 Å². The predicted molar refractivity (Wildman–Crippen MR) is 190 cm³/mol. The highest BCUT2D eigenvalue weighted by molar-refractivity contribution is 6.23. The third-order valence-electron chi connectivity index (χ3n) is 9.73. The number of para-hydroxylation sites is 3. The van der Waals surface area contributed by atoms with Gasteiger partial charge >= 0.3 is 0 Å². The van der Waals surface area contributed by atoms with Crippen LogP contribution in [0.25, 0.3) is 104 Å². The van der Waals surface area contributed by atoms with Crippen LogP contribution in [0.4, 0.5) is 0 Å². The van der Waals surface area contributed by atoms with E-state index in [0.717, 1.165) is 77.1 Å². The SMILES string of the molecule is c1ccc2c(c1)[nH]c1ccc3c4cc(-c5ccc6oc7ccc(-n8c9ccccc9c9ccccc98)cc7c6c5)ccc4oc3c12. The first-order chi connectivity index (χ1) is 22.8. The van der Waals surface area contributed by atoms with Crippen molar-refractivity contribution in [2.24, 2.45) is 0 Å². The molecule has 0 amide bonds. The van der Waals surface area contributed by atoms with E-state index in [2.05, 4.69) is 149 Å². The van der Waals surface area contributed by atoms with Crippen LogP contribution >= 0.6 is 0 Å². The number of furan rings is 2. The van der Waals surface area contributed by atoms with Crippen molar-refractivity contribution in [1.82, 2.24) is 9.55 Å². The third-order valence-corrected chi connectivity index (χ3v) is 9.73. The van der Waals surface area contributed by atoms with Crippen LogP contribution in [0.5, 0.6) is 0 Å². The van der Waals surface area contributed by atoms with Crippen LogP contribution in [0.3, 0.4) is 0 Å². The number of rotatable bonds is 2. The van der Waals surface area contributed by atoms with Crippen molar-refractivity contribution in [2.75, 3.05) is 0 Å². The molecule has 0 spiro atoms. The van der Waals surface area contributed by atoms with Crippen LogP contribution in [0.2, 0.25) is 0 Å². The molecule has 4 aromatic heterocycles. The lowest BCUT2D eigenvalue weighted by Gasteiger charge is -2.08. The van der Waals surface area contributed by atoms with Gasteiger partial charge in [-0.25, -0.2) is 0 Å². The standard InChI is InChI=1S/C42H24N2O2/c1-4-10-34-30(9-1)41-35(43-34)17-16-29-31-21-24(14-19-40(31)46-42(29)41)25-13-18-38-32(22-25)33-23-26(15-20-39(33)45-38)44-36-11-5-2-7-27(36)28-8-3-6-12-37(28)44/h1-23,43H. The van der Waals surface area contributed by atoms with Gasteiger partial charge in [-0.3, -0.25) is 0 Å². The molecular formula is C42H24N2O2. The average Bonchev–Trinajstić information content (AvgIpc) is 3.86. The van der Waals surface area contributed by atoms with E-state index in [-0.39, 0.29) is 0 Å². The van der Waals surface area contributed by atoms with Crippen molar-refractivity contribution >= 4 is 87.5 Å². The van der Waals surface area contributed by atoms with Crippen molar-refractivity contribution in [2.45, 2.75) is 0 Å². The quantitative estimate of drug-likeness (QED) is 0.218. The van der Waals surface area contributed by atoms with Crippen LogP contribution in [-0.2, 0) is 0 Å². The van der Waals surface area contributed by atoms with Crippen molar-refractivity contribution in [1.29, 1.82) is 0 Å². The molecule has 0 saturated heterocycles. The van der Waals surface area contributed by atoms with Gasteiger partial charge in [0.1, 0.15) is 22.3 Å². The van der Waals surface area contributed by atoms with Gasteiger partial charge in [0.2, 0.25) is 0 Å². The number of hydrogen-bond donors (Lipinski definition) is 1. The van der Waals surface area contributed by atoms with E-state index in [0.29, 0.717) is 0 Å².